The second kappa shape index (κ2) is 7.40. The van der Waals surface area contributed by atoms with Crippen LogP contribution < -0.4 is 15.5 Å². The summed E-state index contributed by atoms with van der Waals surface area (Å²) in [6.45, 7) is 0.0234. The minimum absolute atomic E-state index is 0.0109. The van der Waals surface area contributed by atoms with E-state index in [2.05, 4.69) is 5.32 Å². The molecule has 2 N–H and O–H groups in total. The summed E-state index contributed by atoms with van der Waals surface area (Å²) in [4.78, 5) is 24.4. The van der Waals surface area contributed by atoms with Crippen LogP contribution in [0.25, 0.3) is 22.0 Å². The van der Waals surface area contributed by atoms with E-state index in [-0.39, 0.29) is 28.6 Å². The molecule has 0 amide bonds. The van der Waals surface area contributed by atoms with Crippen molar-refractivity contribution < 1.29 is 27.8 Å². The molecule has 32 heavy (non-hydrogen) atoms. The van der Waals surface area contributed by atoms with Gasteiger partial charge in [0.05, 0.1) is 16.5 Å². The molecule has 3 heterocycles. The van der Waals surface area contributed by atoms with Crippen LogP contribution in [-0.4, -0.2) is 33.4 Å². The highest BCUT2D eigenvalue weighted by atomic mass is 19.3. The van der Waals surface area contributed by atoms with Gasteiger partial charge in [-0.15, -0.1) is 0 Å². The lowest BCUT2D eigenvalue weighted by Gasteiger charge is -2.22. The van der Waals surface area contributed by atoms with Crippen LogP contribution in [-0.2, 0) is 6.54 Å². The molecule has 1 fully saturated rings. The number of nitrogens with one attached hydrogen (secondary N) is 1. The van der Waals surface area contributed by atoms with E-state index in [9.17, 15) is 23.5 Å². The second-order valence-corrected chi connectivity index (χ2v) is 8.18. The minimum Gasteiger partial charge on any atom is -0.477 e. The Morgan fingerprint density at radius 1 is 1.28 bits per heavy atom. The number of benzene rings is 1. The van der Waals surface area contributed by atoms with Gasteiger partial charge in [-0.25, -0.2) is 9.18 Å². The number of carbonyl (C=O) groups is 1. The van der Waals surface area contributed by atoms with Crippen molar-refractivity contribution in [2.24, 2.45) is 0 Å². The Morgan fingerprint density at radius 3 is 2.66 bits per heavy atom. The van der Waals surface area contributed by atoms with Gasteiger partial charge in [-0.05, 0) is 31.9 Å². The third-order valence-corrected chi connectivity index (χ3v) is 6.07. The Labute approximate surface area is 180 Å². The number of carboxylic acid groups (broad SMARTS) is 1. The molecule has 0 unspecified atom stereocenters. The maximum absolute atomic E-state index is 15.4. The van der Waals surface area contributed by atoms with Gasteiger partial charge in [-0.1, -0.05) is 0 Å². The van der Waals surface area contributed by atoms with E-state index in [1.165, 1.54) is 4.57 Å². The summed E-state index contributed by atoms with van der Waals surface area (Å²) in [5.41, 5.74) is -0.461. The molecule has 2 aromatic heterocycles. The van der Waals surface area contributed by atoms with Crippen LogP contribution in [0.1, 0.15) is 47.9 Å². The largest absolute Gasteiger partial charge is 0.477 e. The monoisotopic (exact) mass is 447 g/mol. The number of ether oxygens (including phenoxy) is 1. The van der Waals surface area contributed by atoms with Gasteiger partial charge >= 0.3 is 12.6 Å². The van der Waals surface area contributed by atoms with Gasteiger partial charge in [0.25, 0.3) is 0 Å². The van der Waals surface area contributed by atoms with Crippen molar-refractivity contribution in [3.8, 4) is 16.9 Å². The Balaban J connectivity index is 1.86. The fraction of sp³-hybridized carbons (Fsp3) is 0.364. The topological polar surface area (TPSA) is 85.5 Å². The molecule has 1 aliphatic carbocycles. The van der Waals surface area contributed by atoms with Crippen molar-refractivity contribution in [1.82, 2.24) is 14.5 Å². The van der Waals surface area contributed by atoms with Crippen LogP contribution in [0.15, 0.2) is 29.3 Å². The van der Waals surface area contributed by atoms with Gasteiger partial charge < -0.3 is 24.3 Å². The Hall–Kier alpha value is -3.27. The average Bonchev–Trinajstić information content (AvgIpc) is 3.47. The first kappa shape index (κ1) is 20.6. The molecule has 168 valence electrons. The molecular formula is C22H20F3N3O4. The summed E-state index contributed by atoms with van der Waals surface area (Å²) in [5, 5.41) is 12.4. The zero-order valence-electron chi connectivity index (χ0n) is 17.1. The van der Waals surface area contributed by atoms with E-state index in [0.717, 1.165) is 18.0 Å². The van der Waals surface area contributed by atoms with Gasteiger partial charge in [0, 0.05) is 48.8 Å². The first-order valence-electron chi connectivity index (χ1n) is 10.3. The molecule has 0 bridgehead atoms. The normalized spacial score (nSPS) is 18.2. The number of fused-ring (bicyclic) bond motifs is 2. The Kier molecular flexibility index (Phi) is 4.77. The zero-order valence-corrected chi connectivity index (χ0v) is 17.1. The van der Waals surface area contributed by atoms with Gasteiger partial charge in [0.1, 0.15) is 11.4 Å². The molecular weight excluding hydrogens is 427 g/mol. The van der Waals surface area contributed by atoms with Crippen molar-refractivity contribution in [3.63, 3.8) is 0 Å². The molecule has 1 aromatic carbocycles. The first-order chi connectivity index (χ1) is 15.3. The summed E-state index contributed by atoms with van der Waals surface area (Å²) in [7, 11) is 0. The van der Waals surface area contributed by atoms with Gasteiger partial charge in [-0.2, -0.15) is 8.78 Å². The van der Waals surface area contributed by atoms with Crippen LogP contribution in [0.4, 0.5) is 13.2 Å². The maximum atomic E-state index is 15.4. The molecule has 0 radical (unpaired) electrons. The number of nitrogens with zero attached hydrogens (tertiary/aromatic N) is 2. The highest BCUT2D eigenvalue weighted by molar-refractivity contribution is 5.98. The number of aromatic carboxylic acids is 1. The number of hydrogen-bond donors (Lipinski definition) is 2. The lowest BCUT2D eigenvalue weighted by Crippen LogP contribution is -2.30. The second-order valence-electron chi connectivity index (χ2n) is 8.18. The van der Waals surface area contributed by atoms with Crippen LogP contribution in [0.5, 0.6) is 5.75 Å². The van der Waals surface area contributed by atoms with Crippen LogP contribution in [0.2, 0.25) is 0 Å². The highest BCUT2D eigenvalue weighted by Crippen LogP contribution is 2.45. The van der Waals surface area contributed by atoms with Crippen molar-refractivity contribution in [3.05, 3.63) is 51.8 Å². The summed E-state index contributed by atoms with van der Waals surface area (Å²) < 4.78 is 50.6. The van der Waals surface area contributed by atoms with Crippen LogP contribution >= 0.6 is 0 Å². The standard InChI is InChI=1S/C22H20F3N3O4/c1-10-16-6-11(8-27(16)5-4-26-10)17-15(23)7-13-18(20(17)32-22(24)25)28(12-2-3-12)9-14(19(13)29)21(30)31/h6-10,12,22,26H,2-5H2,1H3,(H,30,31)/t10-/m0/s1. The lowest BCUT2D eigenvalue weighted by atomic mass is 10.0. The van der Waals surface area contributed by atoms with Crippen LogP contribution in [0, 0.1) is 5.82 Å². The number of rotatable bonds is 5. The predicted octanol–water partition coefficient (Wildman–Crippen LogP) is 3.91. The third kappa shape index (κ3) is 3.26. The first-order valence-corrected chi connectivity index (χ1v) is 10.3. The van der Waals surface area contributed by atoms with E-state index in [1.54, 1.807) is 12.3 Å². The SMILES string of the molecule is C[C@@H]1NCCn2cc(-c3c(F)cc4c(=O)c(C(=O)O)cn(C5CC5)c4c3OC(F)F)cc21. The summed E-state index contributed by atoms with van der Waals surface area (Å²) in [6, 6.07) is 2.45. The van der Waals surface area contributed by atoms with Crippen molar-refractivity contribution in [1.29, 1.82) is 0 Å². The van der Waals surface area contributed by atoms with Crippen LogP contribution in [0.3, 0.4) is 0 Å². The van der Waals surface area contributed by atoms with Gasteiger partial charge in [0.15, 0.2) is 5.75 Å². The van der Waals surface area contributed by atoms with E-state index in [0.29, 0.717) is 31.5 Å². The van der Waals surface area contributed by atoms with Crippen molar-refractivity contribution in [2.75, 3.05) is 6.54 Å². The molecule has 10 heteroatoms. The zero-order chi connectivity index (χ0) is 22.7. The summed E-state index contributed by atoms with van der Waals surface area (Å²) in [5.74, 6) is -2.85. The molecule has 1 saturated carbocycles. The van der Waals surface area contributed by atoms with Crippen molar-refractivity contribution in [2.45, 2.75) is 45.0 Å². The number of alkyl halides is 2. The quantitative estimate of drug-likeness (QED) is 0.620. The highest BCUT2D eigenvalue weighted by Gasteiger charge is 2.32. The number of halogens is 3. The number of pyridine rings is 1. The number of hydrogen-bond acceptors (Lipinski definition) is 4. The van der Waals surface area contributed by atoms with E-state index in [4.69, 9.17) is 4.74 Å². The maximum Gasteiger partial charge on any atom is 0.387 e. The number of aromatic nitrogens is 2. The van der Waals surface area contributed by atoms with Crippen molar-refractivity contribution >= 4 is 16.9 Å². The summed E-state index contributed by atoms with van der Waals surface area (Å²) in [6.07, 6.45) is 4.19. The van der Waals surface area contributed by atoms with E-state index >= 15 is 4.39 Å². The molecule has 0 saturated heterocycles. The average molecular weight is 447 g/mol. The number of carboxylic acids is 1. The Bertz CT molecular complexity index is 1310. The molecule has 5 rings (SSSR count). The molecule has 1 atom stereocenters. The molecule has 2 aliphatic rings. The fourth-order valence-corrected chi connectivity index (χ4v) is 4.45. The Morgan fingerprint density at radius 2 is 2.03 bits per heavy atom. The predicted molar refractivity (Wildman–Crippen MR) is 110 cm³/mol. The lowest BCUT2D eigenvalue weighted by molar-refractivity contribution is -0.0487. The minimum atomic E-state index is -3.27. The molecule has 0 spiro atoms. The molecule has 3 aromatic rings. The summed E-state index contributed by atoms with van der Waals surface area (Å²) >= 11 is 0. The van der Waals surface area contributed by atoms with E-state index < -0.39 is 35.1 Å². The van der Waals surface area contributed by atoms with Gasteiger partial charge in [-0.3, -0.25) is 4.79 Å². The fourth-order valence-electron chi connectivity index (χ4n) is 4.45. The smallest absolute Gasteiger partial charge is 0.387 e. The van der Waals surface area contributed by atoms with E-state index in [1.807, 2.05) is 11.5 Å². The molecule has 7 nitrogen and oxygen atoms in total. The third-order valence-electron chi connectivity index (χ3n) is 6.07. The molecule has 1 aliphatic heterocycles. The van der Waals surface area contributed by atoms with Gasteiger partial charge in [0.2, 0.25) is 5.43 Å².